The maximum atomic E-state index is 13.2. The van der Waals surface area contributed by atoms with Gasteiger partial charge in [-0.1, -0.05) is 42.5 Å². The van der Waals surface area contributed by atoms with Crippen LogP contribution in [0.3, 0.4) is 0 Å². The van der Waals surface area contributed by atoms with E-state index in [1.165, 1.54) is 7.11 Å². The highest BCUT2D eigenvalue weighted by molar-refractivity contribution is 7.10. The van der Waals surface area contributed by atoms with Crippen LogP contribution in [0.5, 0.6) is 0 Å². The quantitative estimate of drug-likeness (QED) is 0.465. The van der Waals surface area contributed by atoms with Gasteiger partial charge in [0.2, 0.25) is 11.0 Å². The Morgan fingerprint density at radius 3 is 2.26 bits per heavy atom. The van der Waals surface area contributed by atoms with E-state index in [0.717, 1.165) is 22.0 Å². The SMILES string of the molecule is COC(=O)c1nsc(NC(=O)C(Cc2ccccc2)N2C(=O)c3ccccc3C2=O)n1. The van der Waals surface area contributed by atoms with Gasteiger partial charge in [0.25, 0.3) is 17.6 Å². The first-order valence-corrected chi connectivity index (χ1v) is 10.0. The second-order valence-electron chi connectivity index (χ2n) is 6.64. The summed E-state index contributed by atoms with van der Waals surface area (Å²) < 4.78 is 8.40. The Bertz CT molecular complexity index is 1140. The average molecular weight is 436 g/mol. The zero-order valence-corrected chi connectivity index (χ0v) is 17.1. The van der Waals surface area contributed by atoms with Crippen LogP contribution in [-0.2, 0) is 16.0 Å². The van der Waals surface area contributed by atoms with Gasteiger partial charge < -0.3 is 4.74 Å². The van der Waals surface area contributed by atoms with E-state index in [9.17, 15) is 19.2 Å². The molecule has 1 aromatic heterocycles. The van der Waals surface area contributed by atoms with Crippen molar-refractivity contribution < 1.29 is 23.9 Å². The lowest BCUT2D eigenvalue weighted by Gasteiger charge is -2.25. The molecule has 31 heavy (non-hydrogen) atoms. The molecule has 0 radical (unpaired) electrons. The number of amides is 3. The molecule has 3 amide bonds. The van der Waals surface area contributed by atoms with Gasteiger partial charge in [0.05, 0.1) is 18.2 Å². The van der Waals surface area contributed by atoms with Crippen LogP contribution in [0.1, 0.15) is 36.9 Å². The number of esters is 1. The minimum absolute atomic E-state index is 0.0556. The predicted octanol–water partition coefficient (Wildman–Crippen LogP) is 2.17. The van der Waals surface area contributed by atoms with Crippen molar-refractivity contribution in [1.29, 1.82) is 0 Å². The van der Waals surface area contributed by atoms with Crippen molar-refractivity contribution in [2.45, 2.75) is 12.5 Å². The molecule has 1 atom stereocenters. The fourth-order valence-corrected chi connectivity index (χ4v) is 3.83. The second kappa shape index (κ2) is 8.44. The van der Waals surface area contributed by atoms with Crippen molar-refractivity contribution >= 4 is 40.4 Å². The van der Waals surface area contributed by atoms with Crippen molar-refractivity contribution in [2.75, 3.05) is 12.4 Å². The van der Waals surface area contributed by atoms with E-state index in [1.54, 1.807) is 48.5 Å². The summed E-state index contributed by atoms with van der Waals surface area (Å²) in [6.45, 7) is 0. The summed E-state index contributed by atoms with van der Waals surface area (Å²) in [6, 6.07) is 14.4. The molecular weight excluding hydrogens is 420 g/mol. The summed E-state index contributed by atoms with van der Waals surface area (Å²) in [5.74, 6) is -2.62. The normalized spacial score (nSPS) is 13.6. The number of hydrogen-bond donors (Lipinski definition) is 1. The van der Waals surface area contributed by atoms with Crippen LogP contribution in [0.4, 0.5) is 5.13 Å². The van der Waals surface area contributed by atoms with E-state index in [4.69, 9.17) is 0 Å². The van der Waals surface area contributed by atoms with E-state index in [0.29, 0.717) is 0 Å². The molecule has 0 saturated carbocycles. The van der Waals surface area contributed by atoms with Crippen molar-refractivity contribution in [1.82, 2.24) is 14.3 Å². The largest absolute Gasteiger partial charge is 0.463 e. The number of aromatic nitrogens is 2. The zero-order valence-electron chi connectivity index (χ0n) is 16.3. The minimum Gasteiger partial charge on any atom is -0.463 e. The van der Waals surface area contributed by atoms with Crippen molar-refractivity contribution in [3.8, 4) is 0 Å². The van der Waals surface area contributed by atoms with Gasteiger partial charge in [-0.15, -0.1) is 0 Å². The van der Waals surface area contributed by atoms with Crippen molar-refractivity contribution in [3.05, 3.63) is 77.1 Å². The highest BCUT2D eigenvalue weighted by atomic mass is 32.1. The molecule has 10 heteroatoms. The molecule has 0 bridgehead atoms. The number of benzene rings is 2. The summed E-state index contributed by atoms with van der Waals surface area (Å²) in [5, 5.41) is 2.61. The average Bonchev–Trinajstić information content (AvgIpc) is 3.35. The van der Waals surface area contributed by atoms with E-state index >= 15 is 0 Å². The standard InChI is InChI=1S/C21H16N4O5S/c1-30-20(29)16-22-21(31-24-16)23-17(26)15(11-12-7-3-2-4-8-12)25-18(27)13-9-5-6-10-14(13)19(25)28/h2-10,15H,11H2,1H3,(H,22,23,24,26). The molecule has 0 saturated heterocycles. The topological polar surface area (TPSA) is 119 Å². The molecule has 0 aliphatic carbocycles. The van der Waals surface area contributed by atoms with E-state index < -0.39 is 29.7 Å². The lowest BCUT2D eigenvalue weighted by Crippen LogP contribution is -2.48. The number of nitrogens with zero attached hydrogens (tertiary/aromatic N) is 3. The van der Waals surface area contributed by atoms with Crippen LogP contribution in [0.15, 0.2) is 54.6 Å². The molecular formula is C21H16N4O5S. The second-order valence-corrected chi connectivity index (χ2v) is 7.39. The van der Waals surface area contributed by atoms with Crippen LogP contribution in [0.25, 0.3) is 0 Å². The number of carbonyl (C=O) groups excluding carboxylic acids is 4. The number of imide groups is 1. The molecule has 0 fully saturated rings. The van der Waals surface area contributed by atoms with Gasteiger partial charge in [-0.2, -0.15) is 9.36 Å². The molecule has 1 N–H and O–H groups in total. The first-order chi connectivity index (χ1) is 15.0. The fraction of sp³-hybridized carbons (Fsp3) is 0.143. The Kier molecular flexibility index (Phi) is 5.54. The monoisotopic (exact) mass is 436 g/mol. The highest BCUT2D eigenvalue weighted by Crippen LogP contribution is 2.27. The van der Waals surface area contributed by atoms with Crippen molar-refractivity contribution in [3.63, 3.8) is 0 Å². The third kappa shape index (κ3) is 3.92. The van der Waals surface area contributed by atoms with Gasteiger partial charge in [-0.05, 0) is 17.7 Å². The molecule has 9 nitrogen and oxygen atoms in total. The van der Waals surface area contributed by atoms with E-state index in [2.05, 4.69) is 19.4 Å². The van der Waals surface area contributed by atoms with Gasteiger partial charge in [-0.25, -0.2) is 4.79 Å². The number of rotatable bonds is 6. The highest BCUT2D eigenvalue weighted by Gasteiger charge is 2.42. The lowest BCUT2D eigenvalue weighted by atomic mass is 10.0. The van der Waals surface area contributed by atoms with Gasteiger partial charge >= 0.3 is 5.97 Å². The third-order valence-electron chi connectivity index (χ3n) is 4.74. The molecule has 1 aliphatic rings. The van der Waals surface area contributed by atoms with Crippen LogP contribution in [0, 0.1) is 0 Å². The van der Waals surface area contributed by atoms with Crippen LogP contribution >= 0.6 is 11.5 Å². The number of anilines is 1. The Labute approximate surface area is 180 Å². The zero-order chi connectivity index (χ0) is 22.0. The summed E-state index contributed by atoms with van der Waals surface area (Å²) in [4.78, 5) is 55.5. The van der Waals surface area contributed by atoms with E-state index in [1.807, 2.05) is 6.07 Å². The number of nitrogens with one attached hydrogen (secondary N) is 1. The van der Waals surface area contributed by atoms with Crippen molar-refractivity contribution in [2.24, 2.45) is 0 Å². The van der Waals surface area contributed by atoms with Gasteiger partial charge in [0.15, 0.2) is 0 Å². The van der Waals surface area contributed by atoms with Crippen LogP contribution < -0.4 is 5.32 Å². The maximum absolute atomic E-state index is 13.2. The van der Waals surface area contributed by atoms with Gasteiger partial charge in [-0.3, -0.25) is 24.6 Å². The third-order valence-corrected chi connectivity index (χ3v) is 5.37. The molecule has 0 spiro atoms. The predicted molar refractivity (Wildman–Crippen MR) is 111 cm³/mol. The van der Waals surface area contributed by atoms with Gasteiger partial charge in [0, 0.05) is 18.0 Å². The summed E-state index contributed by atoms with van der Waals surface area (Å²) in [5.41, 5.74) is 1.27. The molecule has 3 aromatic rings. The summed E-state index contributed by atoms with van der Waals surface area (Å²) >= 11 is 0.794. The smallest absolute Gasteiger partial charge is 0.377 e. The number of hydrogen-bond acceptors (Lipinski definition) is 8. The molecule has 2 aromatic carbocycles. The Hall–Kier alpha value is -3.92. The number of ether oxygens (including phenoxy) is 1. The molecule has 1 aliphatic heterocycles. The molecule has 1 unspecified atom stereocenters. The Balaban J connectivity index is 1.64. The lowest BCUT2D eigenvalue weighted by molar-refractivity contribution is -0.119. The first kappa shape index (κ1) is 20.4. The molecule has 156 valence electrons. The number of fused-ring (bicyclic) bond motifs is 1. The first-order valence-electron chi connectivity index (χ1n) is 9.23. The Morgan fingerprint density at radius 2 is 1.65 bits per heavy atom. The van der Waals surface area contributed by atoms with E-state index in [-0.39, 0.29) is 28.5 Å². The Morgan fingerprint density at radius 1 is 1.03 bits per heavy atom. The number of methoxy groups -OCH3 is 1. The van der Waals surface area contributed by atoms with Crippen LogP contribution in [-0.4, -0.2) is 51.1 Å². The summed E-state index contributed by atoms with van der Waals surface area (Å²) in [6.07, 6.45) is 0.112. The minimum atomic E-state index is -1.12. The fourth-order valence-electron chi connectivity index (χ4n) is 3.27. The molecule has 2 heterocycles. The molecule has 4 rings (SSSR count). The van der Waals surface area contributed by atoms with Gasteiger partial charge in [0.1, 0.15) is 6.04 Å². The summed E-state index contributed by atoms with van der Waals surface area (Å²) in [7, 11) is 1.19. The number of carbonyl (C=O) groups is 4. The maximum Gasteiger partial charge on any atom is 0.377 e. The van der Waals surface area contributed by atoms with Crippen LogP contribution in [0.2, 0.25) is 0 Å².